The molecular formula is C9H6FNO3. The number of aliphatic carboxylic acids is 1. The van der Waals surface area contributed by atoms with Crippen molar-refractivity contribution in [3.8, 4) is 0 Å². The van der Waals surface area contributed by atoms with E-state index >= 15 is 0 Å². The van der Waals surface area contributed by atoms with Gasteiger partial charge in [0.2, 0.25) is 0 Å². The first kappa shape index (κ1) is 8.68. The van der Waals surface area contributed by atoms with Gasteiger partial charge in [-0.05, 0) is 12.1 Å². The van der Waals surface area contributed by atoms with Gasteiger partial charge in [0.25, 0.3) is 0 Å². The van der Waals surface area contributed by atoms with Crippen LogP contribution in [0.5, 0.6) is 0 Å². The molecule has 1 N–H and O–H groups in total. The number of halogens is 1. The molecule has 0 amide bonds. The zero-order chi connectivity index (χ0) is 10.1. The summed E-state index contributed by atoms with van der Waals surface area (Å²) in [6.45, 7) is 0. The highest BCUT2D eigenvalue weighted by atomic mass is 19.1. The lowest BCUT2D eigenvalue weighted by molar-refractivity contribution is -0.136. The topological polar surface area (TPSA) is 63.3 Å². The van der Waals surface area contributed by atoms with E-state index in [1.54, 1.807) is 0 Å². The number of carboxylic acid groups (broad SMARTS) is 1. The molecule has 0 aliphatic heterocycles. The minimum absolute atomic E-state index is 0.243. The minimum Gasteiger partial charge on any atom is -0.481 e. The van der Waals surface area contributed by atoms with E-state index in [9.17, 15) is 9.18 Å². The van der Waals surface area contributed by atoms with Crippen LogP contribution in [0.3, 0.4) is 0 Å². The lowest BCUT2D eigenvalue weighted by Crippen LogP contribution is -1.98. The maximum absolute atomic E-state index is 12.7. The number of aromatic nitrogens is 1. The van der Waals surface area contributed by atoms with E-state index < -0.39 is 11.8 Å². The molecule has 1 aromatic carbocycles. The molecule has 0 unspecified atom stereocenters. The standard InChI is InChI=1S/C9H6FNO3/c10-5-1-2-6-7(3-5)11-14-8(6)4-9(12)13/h1-3H,4H2,(H,12,13). The van der Waals surface area contributed by atoms with Gasteiger partial charge >= 0.3 is 5.97 Å². The monoisotopic (exact) mass is 195 g/mol. The first-order valence-electron chi connectivity index (χ1n) is 3.92. The summed E-state index contributed by atoms with van der Waals surface area (Å²) in [5, 5.41) is 12.6. The summed E-state index contributed by atoms with van der Waals surface area (Å²) in [5.41, 5.74) is 0.334. The van der Waals surface area contributed by atoms with Crippen LogP contribution in [-0.2, 0) is 11.2 Å². The van der Waals surface area contributed by atoms with Crippen LogP contribution in [0.2, 0.25) is 0 Å². The van der Waals surface area contributed by atoms with Crippen molar-refractivity contribution in [1.29, 1.82) is 0 Å². The molecule has 2 rings (SSSR count). The second-order valence-corrected chi connectivity index (χ2v) is 2.84. The molecule has 0 aliphatic rings. The van der Waals surface area contributed by atoms with Crippen LogP contribution < -0.4 is 0 Å². The lowest BCUT2D eigenvalue weighted by atomic mass is 10.2. The predicted octanol–water partition coefficient (Wildman–Crippen LogP) is 1.59. The molecule has 0 radical (unpaired) electrons. The van der Waals surface area contributed by atoms with Gasteiger partial charge in [0.1, 0.15) is 17.8 Å². The molecule has 0 fully saturated rings. The average molecular weight is 195 g/mol. The van der Waals surface area contributed by atoms with Gasteiger partial charge in [0.15, 0.2) is 5.76 Å². The number of rotatable bonds is 2. The van der Waals surface area contributed by atoms with E-state index in [4.69, 9.17) is 9.63 Å². The Morgan fingerprint density at radius 3 is 3.07 bits per heavy atom. The Bertz CT molecular complexity index is 492. The quantitative estimate of drug-likeness (QED) is 0.790. The molecule has 0 saturated carbocycles. The fourth-order valence-electron chi connectivity index (χ4n) is 1.23. The van der Waals surface area contributed by atoms with Gasteiger partial charge in [-0.3, -0.25) is 4.79 Å². The van der Waals surface area contributed by atoms with Crippen molar-refractivity contribution >= 4 is 16.9 Å². The number of carboxylic acids is 1. The molecule has 0 atom stereocenters. The van der Waals surface area contributed by atoms with E-state index in [1.807, 2.05) is 0 Å². The van der Waals surface area contributed by atoms with E-state index in [-0.39, 0.29) is 12.2 Å². The number of benzene rings is 1. The van der Waals surface area contributed by atoms with E-state index in [0.717, 1.165) is 0 Å². The third-order valence-corrected chi connectivity index (χ3v) is 1.83. The van der Waals surface area contributed by atoms with Crippen molar-refractivity contribution in [2.24, 2.45) is 0 Å². The largest absolute Gasteiger partial charge is 0.481 e. The van der Waals surface area contributed by atoms with Crippen LogP contribution in [0.25, 0.3) is 10.9 Å². The maximum atomic E-state index is 12.7. The normalized spacial score (nSPS) is 10.6. The maximum Gasteiger partial charge on any atom is 0.311 e. The summed E-state index contributed by atoms with van der Waals surface area (Å²) in [6.07, 6.45) is -0.248. The zero-order valence-electron chi connectivity index (χ0n) is 7.03. The number of carbonyl (C=O) groups is 1. The predicted molar refractivity (Wildman–Crippen MR) is 45.3 cm³/mol. The van der Waals surface area contributed by atoms with Crippen LogP contribution in [0.15, 0.2) is 22.7 Å². The molecule has 0 spiro atoms. The number of hydrogen-bond acceptors (Lipinski definition) is 3. The molecule has 72 valence electrons. The molecule has 5 heteroatoms. The summed E-state index contributed by atoms with van der Waals surface area (Å²) in [4.78, 5) is 10.4. The fourth-order valence-corrected chi connectivity index (χ4v) is 1.23. The summed E-state index contributed by atoms with van der Waals surface area (Å²) in [7, 11) is 0. The number of fused-ring (bicyclic) bond motifs is 1. The van der Waals surface area contributed by atoms with Crippen LogP contribution in [0, 0.1) is 5.82 Å². The van der Waals surface area contributed by atoms with Gasteiger partial charge in [-0.25, -0.2) is 4.39 Å². The Labute approximate surface area is 77.9 Å². The van der Waals surface area contributed by atoms with Crippen LogP contribution in [-0.4, -0.2) is 16.2 Å². The SMILES string of the molecule is O=C(O)Cc1onc2cc(F)ccc12. The first-order chi connectivity index (χ1) is 6.66. The molecule has 0 aliphatic carbocycles. The van der Waals surface area contributed by atoms with Gasteiger partial charge in [-0.2, -0.15) is 0 Å². The minimum atomic E-state index is -1.01. The Balaban J connectivity index is 2.52. The molecule has 0 saturated heterocycles. The Hall–Kier alpha value is -1.91. The van der Waals surface area contributed by atoms with Gasteiger partial charge in [-0.15, -0.1) is 0 Å². The van der Waals surface area contributed by atoms with Crippen molar-refractivity contribution in [2.45, 2.75) is 6.42 Å². The molecule has 14 heavy (non-hydrogen) atoms. The summed E-state index contributed by atoms with van der Waals surface area (Å²) < 4.78 is 17.5. The summed E-state index contributed by atoms with van der Waals surface area (Å²) in [5.74, 6) is -1.19. The Kier molecular flexibility index (Phi) is 1.92. The van der Waals surface area contributed by atoms with Crippen LogP contribution in [0.1, 0.15) is 5.76 Å². The van der Waals surface area contributed by atoms with Crippen molar-refractivity contribution < 1.29 is 18.8 Å². The van der Waals surface area contributed by atoms with E-state index in [2.05, 4.69) is 5.16 Å². The van der Waals surface area contributed by atoms with Gasteiger partial charge in [0.05, 0.1) is 0 Å². The Morgan fingerprint density at radius 1 is 1.57 bits per heavy atom. The van der Waals surface area contributed by atoms with Crippen molar-refractivity contribution in [3.05, 3.63) is 29.8 Å². The van der Waals surface area contributed by atoms with E-state index in [0.29, 0.717) is 10.9 Å². The second kappa shape index (κ2) is 3.10. The van der Waals surface area contributed by atoms with Crippen LogP contribution in [0.4, 0.5) is 4.39 Å². The summed E-state index contributed by atoms with van der Waals surface area (Å²) >= 11 is 0. The smallest absolute Gasteiger partial charge is 0.311 e. The zero-order valence-corrected chi connectivity index (χ0v) is 7.03. The highest BCUT2D eigenvalue weighted by molar-refractivity contribution is 5.84. The molecule has 1 aromatic heterocycles. The first-order valence-corrected chi connectivity index (χ1v) is 3.92. The van der Waals surface area contributed by atoms with Crippen molar-refractivity contribution in [1.82, 2.24) is 5.16 Å². The molecule has 4 nitrogen and oxygen atoms in total. The third-order valence-electron chi connectivity index (χ3n) is 1.83. The van der Waals surface area contributed by atoms with Gasteiger partial charge in [-0.1, -0.05) is 5.16 Å². The lowest BCUT2D eigenvalue weighted by Gasteiger charge is -1.90. The summed E-state index contributed by atoms with van der Waals surface area (Å²) in [6, 6.07) is 3.90. The third kappa shape index (κ3) is 1.44. The number of nitrogens with zero attached hydrogens (tertiary/aromatic N) is 1. The van der Waals surface area contributed by atoms with Crippen molar-refractivity contribution in [2.75, 3.05) is 0 Å². The molecule has 0 bridgehead atoms. The Morgan fingerprint density at radius 2 is 2.36 bits per heavy atom. The highest BCUT2D eigenvalue weighted by Gasteiger charge is 2.11. The fraction of sp³-hybridized carbons (Fsp3) is 0.111. The molecule has 2 aromatic rings. The second-order valence-electron chi connectivity index (χ2n) is 2.84. The molecular weight excluding hydrogens is 189 g/mol. The highest BCUT2D eigenvalue weighted by Crippen LogP contribution is 2.19. The van der Waals surface area contributed by atoms with Gasteiger partial charge in [0, 0.05) is 11.5 Å². The van der Waals surface area contributed by atoms with Crippen LogP contribution >= 0.6 is 0 Å². The van der Waals surface area contributed by atoms with Crippen molar-refractivity contribution in [3.63, 3.8) is 0 Å². The number of hydrogen-bond donors (Lipinski definition) is 1. The molecule has 1 heterocycles. The average Bonchev–Trinajstić information content (AvgIpc) is 2.47. The van der Waals surface area contributed by atoms with Gasteiger partial charge < -0.3 is 9.63 Å². The van der Waals surface area contributed by atoms with E-state index in [1.165, 1.54) is 18.2 Å².